The highest BCUT2D eigenvalue weighted by Gasteiger charge is 2.19. The number of para-hydroxylation sites is 1. The van der Waals surface area contributed by atoms with Gasteiger partial charge in [0, 0.05) is 6.54 Å². The zero-order valence-electron chi connectivity index (χ0n) is 17.4. The third kappa shape index (κ3) is 3.76. The molecule has 0 N–H and O–H groups in total. The maximum absolute atomic E-state index is 13.7. The maximum atomic E-state index is 13.7. The number of benzene rings is 3. The number of hydrogen-bond donors (Lipinski definition) is 0. The summed E-state index contributed by atoms with van der Waals surface area (Å²) in [6, 6.07) is 21.7. The van der Waals surface area contributed by atoms with Crippen molar-refractivity contribution >= 4 is 11.2 Å². The van der Waals surface area contributed by atoms with E-state index in [9.17, 15) is 18.4 Å². The summed E-state index contributed by atoms with van der Waals surface area (Å²) in [5.41, 5.74) is 1.18. The molecule has 0 unspecified atom stereocenters. The lowest BCUT2D eigenvalue weighted by molar-refractivity contribution is 0.506. The minimum atomic E-state index is -0.973. The maximum Gasteiger partial charge on any atom is 0.337 e. The first-order valence-electron chi connectivity index (χ1n) is 10.3. The van der Waals surface area contributed by atoms with Crippen LogP contribution >= 0.6 is 0 Å². The van der Waals surface area contributed by atoms with Crippen LogP contribution in [-0.4, -0.2) is 18.7 Å². The van der Waals surface area contributed by atoms with Crippen LogP contribution in [0.25, 0.3) is 16.9 Å². The first-order valence-corrected chi connectivity index (χ1v) is 10.3. The van der Waals surface area contributed by atoms with Gasteiger partial charge in [0.25, 0.3) is 5.56 Å². The molecule has 0 bridgehead atoms. The molecule has 0 saturated carbocycles. The van der Waals surface area contributed by atoms with Crippen molar-refractivity contribution in [3.8, 4) is 5.69 Å². The molecule has 0 radical (unpaired) electrons. The van der Waals surface area contributed by atoms with Crippen LogP contribution in [0.3, 0.4) is 0 Å². The lowest BCUT2D eigenvalue weighted by Gasteiger charge is -2.13. The number of aromatic nitrogens is 4. The molecule has 0 aliphatic carbocycles. The van der Waals surface area contributed by atoms with Gasteiger partial charge in [0.2, 0.25) is 0 Å². The average Bonchev–Trinajstić information content (AvgIpc) is 3.24. The zero-order chi connectivity index (χ0) is 22.9. The van der Waals surface area contributed by atoms with Crippen molar-refractivity contribution in [1.29, 1.82) is 0 Å². The van der Waals surface area contributed by atoms with E-state index in [1.165, 1.54) is 17.0 Å². The molecule has 33 heavy (non-hydrogen) atoms. The minimum absolute atomic E-state index is 0.0810. The molecule has 0 fully saturated rings. The molecule has 3 aromatic carbocycles. The summed E-state index contributed by atoms with van der Waals surface area (Å²) < 4.78 is 31.2. The standard InChI is InChI=1S/C25H18F2N4O2/c26-20-12-11-18(13-21(20)27)14-29-16-28-23-22(29)24(32)30(15-17-7-3-1-4-8-17)25(33)31(23)19-9-5-2-6-10-19/h1-13,16H,14-15H2. The van der Waals surface area contributed by atoms with E-state index in [0.29, 0.717) is 11.3 Å². The summed E-state index contributed by atoms with van der Waals surface area (Å²) in [6.07, 6.45) is 1.43. The first-order chi connectivity index (χ1) is 16.0. The van der Waals surface area contributed by atoms with E-state index in [1.807, 2.05) is 36.4 Å². The Balaban J connectivity index is 1.74. The summed E-state index contributed by atoms with van der Waals surface area (Å²) >= 11 is 0. The van der Waals surface area contributed by atoms with Crippen molar-refractivity contribution in [2.24, 2.45) is 0 Å². The van der Waals surface area contributed by atoms with Crippen molar-refractivity contribution in [1.82, 2.24) is 18.7 Å². The smallest absolute Gasteiger partial charge is 0.320 e. The Morgan fingerprint density at radius 2 is 1.45 bits per heavy atom. The Hall–Kier alpha value is -4.33. The Kier molecular flexibility index (Phi) is 5.18. The zero-order valence-corrected chi connectivity index (χ0v) is 17.4. The molecular weight excluding hydrogens is 426 g/mol. The van der Waals surface area contributed by atoms with Crippen LogP contribution in [0.15, 0.2) is 94.8 Å². The number of hydrogen-bond acceptors (Lipinski definition) is 3. The summed E-state index contributed by atoms with van der Waals surface area (Å²) in [5, 5.41) is 0. The molecule has 5 rings (SSSR count). The van der Waals surface area contributed by atoms with E-state index < -0.39 is 22.9 Å². The van der Waals surface area contributed by atoms with Crippen molar-refractivity contribution in [3.63, 3.8) is 0 Å². The van der Waals surface area contributed by atoms with E-state index in [4.69, 9.17) is 0 Å². The van der Waals surface area contributed by atoms with Crippen LogP contribution in [0, 0.1) is 11.6 Å². The van der Waals surface area contributed by atoms with Gasteiger partial charge in [-0.1, -0.05) is 54.6 Å². The fourth-order valence-electron chi connectivity index (χ4n) is 3.85. The fourth-order valence-corrected chi connectivity index (χ4v) is 3.85. The van der Waals surface area contributed by atoms with Crippen LogP contribution in [0.1, 0.15) is 11.1 Å². The van der Waals surface area contributed by atoms with Crippen LogP contribution in [-0.2, 0) is 13.1 Å². The number of rotatable bonds is 5. The van der Waals surface area contributed by atoms with E-state index in [2.05, 4.69) is 4.98 Å². The Morgan fingerprint density at radius 1 is 0.758 bits per heavy atom. The van der Waals surface area contributed by atoms with E-state index in [1.54, 1.807) is 28.8 Å². The SMILES string of the molecule is O=c1c2c(ncn2Cc2ccc(F)c(F)c2)n(-c2ccccc2)c(=O)n1Cc1ccccc1. The third-order valence-electron chi connectivity index (χ3n) is 5.43. The number of imidazole rings is 1. The predicted molar refractivity (Wildman–Crippen MR) is 121 cm³/mol. The molecule has 5 aromatic rings. The Morgan fingerprint density at radius 3 is 2.15 bits per heavy atom. The summed E-state index contributed by atoms with van der Waals surface area (Å²) in [6.45, 7) is 0.166. The lowest BCUT2D eigenvalue weighted by Crippen LogP contribution is -2.40. The van der Waals surface area contributed by atoms with Gasteiger partial charge in [-0.2, -0.15) is 0 Å². The highest BCUT2D eigenvalue weighted by atomic mass is 19.2. The van der Waals surface area contributed by atoms with Crippen molar-refractivity contribution in [3.05, 3.63) is 129 Å². The molecular formula is C25H18F2N4O2. The van der Waals surface area contributed by atoms with Crippen molar-refractivity contribution in [2.75, 3.05) is 0 Å². The Bertz CT molecular complexity index is 1570. The summed E-state index contributed by atoms with van der Waals surface area (Å²) in [5.74, 6) is -1.92. The average molecular weight is 444 g/mol. The topological polar surface area (TPSA) is 61.8 Å². The van der Waals surface area contributed by atoms with Crippen molar-refractivity contribution in [2.45, 2.75) is 13.1 Å². The van der Waals surface area contributed by atoms with Gasteiger partial charge in [-0.15, -0.1) is 0 Å². The predicted octanol–water partition coefficient (Wildman–Crippen LogP) is 3.72. The van der Waals surface area contributed by atoms with Gasteiger partial charge in [-0.3, -0.25) is 9.36 Å². The highest BCUT2D eigenvalue weighted by molar-refractivity contribution is 5.72. The van der Waals surface area contributed by atoms with Crippen LogP contribution in [0.2, 0.25) is 0 Å². The molecule has 0 amide bonds. The quantitative estimate of drug-likeness (QED) is 0.415. The minimum Gasteiger partial charge on any atom is -0.320 e. The van der Waals surface area contributed by atoms with E-state index >= 15 is 0 Å². The fraction of sp³-hybridized carbons (Fsp3) is 0.0800. The molecule has 0 atom stereocenters. The molecule has 6 nitrogen and oxygen atoms in total. The molecule has 2 heterocycles. The molecule has 0 saturated heterocycles. The number of nitrogens with zero attached hydrogens (tertiary/aromatic N) is 4. The van der Waals surface area contributed by atoms with Gasteiger partial charge in [0.15, 0.2) is 22.8 Å². The van der Waals surface area contributed by atoms with Crippen LogP contribution in [0.4, 0.5) is 8.78 Å². The second kappa shape index (κ2) is 8.31. The molecule has 164 valence electrons. The second-order valence-electron chi connectivity index (χ2n) is 7.62. The van der Waals surface area contributed by atoms with Crippen LogP contribution < -0.4 is 11.2 Å². The molecule has 0 aliphatic rings. The summed E-state index contributed by atoms with van der Waals surface area (Å²) in [4.78, 5) is 31.3. The Labute approximate surface area is 186 Å². The van der Waals surface area contributed by atoms with Gasteiger partial charge >= 0.3 is 5.69 Å². The summed E-state index contributed by atoms with van der Waals surface area (Å²) in [7, 11) is 0. The number of fused-ring (bicyclic) bond motifs is 1. The van der Waals surface area contributed by atoms with E-state index in [0.717, 1.165) is 22.3 Å². The molecule has 0 aliphatic heterocycles. The van der Waals surface area contributed by atoms with Gasteiger partial charge in [0.05, 0.1) is 18.6 Å². The molecule has 2 aromatic heterocycles. The first kappa shape index (κ1) is 20.6. The molecule has 0 spiro atoms. The van der Waals surface area contributed by atoms with Crippen LogP contribution in [0.5, 0.6) is 0 Å². The lowest BCUT2D eigenvalue weighted by atomic mass is 10.2. The second-order valence-corrected chi connectivity index (χ2v) is 7.62. The van der Waals surface area contributed by atoms with Gasteiger partial charge in [-0.25, -0.2) is 23.1 Å². The van der Waals surface area contributed by atoms with E-state index in [-0.39, 0.29) is 24.3 Å². The normalized spacial score (nSPS) is 11.2. The highest BCUT2D eigenvalue weighted by Crippen LogP contribution is 2.16. The molecule has 8 heteroatoms. The number of halogens is 2. The van der Waals surface area contributed by atoms with Gasteiger partial charge in [0.1, 0.15) is 0 Å². The van der Waals surface area contributed by atoms with Gasteiger partial charge in [-0.05, 0) is 35.4 Å². The largest absolute Gasteiger partial charge is 0.337 e. The third-order valence-corrected chi connectivity index (χ3v) is 5.43. The van der Waals surface area contributed by atoms with Crippen molar-refractivity contribution < 1.29 is 8.78 Å². The van der Waals surface area contributed by atoms with Gasteiger partial charge < -0.3 is 4.57 Å². The monoisotopic (exact) mass is 444 g/mol.